The Kier molecular flexibility index (Phi) is 4.00. The monoisotopic (exact) mass is 252 g/mol. The number of ether oxygens (including phenoxy) is 3. The van der Waals surface area contributed by atoms with Crippen LogP contribution in [0.2, 0.25) is 0 Å². The Morgan fingerprint density at radius 3 is 2.35 bits per heavy atom. The Bertz CT molecular complexity index is 371. The van der Waals surface area contributed by atoms with E-state index < -0.39 is 12.2 Å². The number of nitrogens with two attached hydrogens (primary N) is 1. The van der Waals surface area contributed by atoms with Crippen molar-refractivity contribution in [3.8, 4) is 17.4 Å². The number of nitrogens with zero attached hydrogens (tertiary/aromatic N) is 1. The molecule has 1 rings (SSSR count). The van der Waals surface area contributed by atoms with Gasteiger partial charge in [-0.05, 0) is 0 Å². The van der Waals surface area contributed by atoms with E-state index in [1.807, 2.05) is 0 Å². The van der Waals surface area contributed by atoms with Gasteiger partial charge in [-0.15, -0.1) is 13.2 Å². The lowest BCUT2D eigenvalue weighted by molar-refractivity contribution is -0.276. The van der Waals surface area contributed by atoms with E-state index in [1.54, 1.807) is 0 Å². The maximum atomic E-state index is 12.0. The molecular weight excluding hydrogens is 241 g/mol. The molecule has 0 aliphatic heterocycles. The lowest BCUT2D eigenvalue weighted by atomic mass is 10.3. The number of hydrogen-bond donors (Lipinski definition) is 1. The molecule has 1 heterocycles. The van der Waals surface area contributed by atoms with Crippen LogP contribution in [0.15, 0.2) is 6.07 Å². The molecular formula is C9H11F3N2O3. The third kappa shape index (κ3) is 3.38. The summed E-state index contributed by atoms with van der Waals surface area (Å²) >= 11 is 0. The van der Waals surface area contributed by atoms with E-state index in [1.165, 1.54) is 14.2 Å². The molecule has 0 saturated heterocycles. The highest BCUT2D eigenvalue weighted by atomic mass is 19.4. The summed E-state index contributed by atoms with van der Waals surface area (Å²) in [6.45, 7) is -0.103. The van der Waals surface area contributed by atoms with Crippen LogP contribution in [0.1, 0.15) is 5.69 Å². The third-order valence-corrected chi connectivity index (χ3v) is 1.82. The van der Waals surface area contributed by atoms with Crippen molar-refractivity contribution in [1.29, 1.82) is 0 Å². The van der Waals surface area contributed by atoms with Gasteiger partial charge in [0, 0.05) is 12.6 Å². The van der Waals surface area contributed by atoms with Gasteiger partial charge in [0.05, 0.1) is 14.2 Å². The predicted octanol–water partition coefficient (Wildman–Crippen LogP) is 1.46. The molecule has 17 heavy (non-hydrogen) atoms. The molecule has 0 bridgehead atoms. The summed E-state index contributed by atoms with van der Waals surface area (Å²) in [5.41, 5.74) is 5.46. The minimum Gasteiger partial charge on any atom is -0.493 e. The van der Waals surface area contributed by atoms with Gasteiger partial charge in [-0.25, -0.2) is 4.98 Å². The van der Waals surface area contributed by atoms with Crippen LogP contribution in [-0.2, 0) is 6.54 Å². The number of pyridine rings is 1. The number of methoxy groups -OCH3 is 2. The average molecular weight is 252 g/mol. The summed E-state index contributed by atoms with van der Waals surface area (Å²) in [7, 11) is 2.62. The van der Waals surface area contributed by atoms with Crippen LogP contribution in [0.25, 0.3) is 0 Å². The minimum absolute atomic E-state index is 0.0715. The van der Waals surface area contributed by atoms with Gasteiger partial charge in [-0.1, -0.05) is 0 Å². The topological polar surface area (TPSA) is 66.6 Å². The molecule has 0 spiro atoms. The van der Waals surface area contributed by atoms with Gasteiger partial charge in [0.1, 0.15) is 5.69 Å². The van der Waals surface area contributed by atoms with E-state index in [9.17, 15) is 13.2 Å². The lowest BCUT2D eigenvalue weighted by Crippen LogP contribution is -2.19. The fraction of sp³-hybridized carbons (Fsp3) is 0.444. The number of alkyl halides is 3. The molecule has 2 N–H and O–H groups in total. The zero-order valence-electron chi connectivity index (χ0n) is 9.17. The number of rotatable bonds is 4. The minimum atomic E-state index is -4.82. The molecule has 0 radical (unpaired) electrons. The fourth-order valence-electron chi connectivity index (χ4n) is 1.22. The highest BCUT2D eigenvalue weighted by molar-refractivity contribution is 5.46. The second-order valence-electron chi connectivity index (χ2n) is 2.89. The van der Waals surface area contributed by atoms with Crippen molar-refractivity contribution in [3.05, 3.63) is 11.8 Å². The van der Waals surface area contributed by atoms with Gasteiger partial charge in [0.15, 0.2) is 11.5 Å². The van der Waals surface area contributed by atoms with Crippen molar-refractivity contribution in [2.45, 2.75) is 12.9 Å². The van der Waals surface area contributed by atoms with Crippen molar-refractivity contribution in [1.82, 2.24) is 4.98 Å². The van der Waals surface area contributed by atoms with Crippen molar-refractivity contribution >= 4 is 0 Å². The van der Waals surface area contributed by atoms with Crippen molar-refractivity contribution in [3.63, 3.8) is 0 Å². The van der Waals surface area contributed by atoms with Crippen LogP contribution in [-0.4, -0.2) is 25.6 Å². The quantitative estimate of drug-likeness (QED) is 0.878. The second kappa shape index (κ2) is 5.09. The lowest BCUT2D eigenvalue weighted by Gasteiger charge is -2.14. The van der Waals surface area contributed by atoms with E-state index in [2.05, 4.69) is 9.72 Å². The Morgan fingerprint density at radius 2 is 1.94 bits per heavy atom. The summed E-state index contributed by atoms with van der Waals surface area (Å²) in [5, 5.41) is 0. The molecule has 96 valence electrons. The van der Waals surface area contributed by atoms with Gasteiger partial charge in [0.25, 0.3) is 0 Å². The molecule has 5 nitrogen and oxygen atoms in total. The second-order valence-corrected chi connectivity index (χ2v) is 2.89. The number of hydrogen-bond acceptors (Lipinski definition) is 5. The third-order valence-electron chi connectivity index (χ3n) is 1.82. The van der Waals surface area contributed by atoms with Crippen LogP contribution in [0, 0.1) is 0 Å². The molecule has 1 aromatic heterocycles. The normalized spacial score (nSPS) is 11.2. The number of halogens is 3. The zero-order valence-corrected chi connectivity index (χ0v) is 9.17. The molecule has 0 saturated carbocycles. The highest BCUT2D eigenvalue weighted by Gasteiger charge is 2.32. The molecule has 1 aromatic rings. The summed E-state index contributed by atoms with van der Waals surface area (Å²) in [5.74, 6) is -0.387. The van der Waals surface area contributed by atoms with Gasteiger partial charge in [-0.3, -0.25) is 0 Å². The smallest absolute Gasteiger partial charge is 0.493 e. The van der Waals surface area contributed by atoms with Crippen molar-refractivity contribution in [2.75, 3.05) is 14.2 Å². The average Bonchev–Trinajstić information content (AvgIpc) is 2.25. The van der Waals surface area contributed by atoms with Crippen molar-refractivity contribution < 1.29 is 27.4 Å². The van der Waals surface area contributed by atoms with Crippen LogP contribution < -0.4 is 19.9 Å². The Balaban J connectivity index is 3.18. The molecule has 0 aliphatic carbocycles. The Morgan fingerprint density at radius 1 is 1.29 bits per heavy atom. The molecule has 0 amide bonds. The Labute approximate surface area is 95.3 Å². The first-order chi connectivity index (χ1) is 7.91. The summed E-state index contributed by atoms with van der Waals surface area (Å²) in [6.07, 6.45) is -4.82. The van der Waals surface area contributed by atoms with Crippen LogP contribution in [0.4, 0.5) is 13.2 Å². The summed E-state index contributed by atoms with van der Waals surface area (Å²) in [4.78, 5) is 3.58. The fourth-order valence-corrected chi connectivity index (χ4v) is 1.22. The molecule has 0 atom stereocenters. The summed E-state index contributed by atoms with van der Waals surface area (Å²) in [6, 6.07) is 0.978. The first-order valence-corrected chi connectivity index (χ1v) is 4.49. The standard InChI is InChI=1S/C9H11F3N2O3/c1-15-6-3-7(17-9(10,11)12)14-5(4-13)8(6)16-2/h3H,4,13H2,1-2H3. The van der Waals surface area contributed by atoms with E-state index in [0.29, 0.717) is 0 Å². The van der Waals surface area contributed by atoms with Gasteiger partial charge < -0.3 is 19.9 Å². The SMILES string of the molecule is COc1cc(OC(F)(F)F)nc(CN)c1OC. The first-order valence-electron chi connectivity index (χ1n) is 4.49. The molecule has 0 aliphatic rings. The van der Waals surface area contributed by atoms with E-state index in [-0.39, 0.29) is 23.7 Å². The zero-order chi connectivity index (χ0) is 13.1. The first kappa shape index (κ1) is 13.4. The van der Waals surface area contributed by atoms with E-state index >= 15 is 0 Å². The molecule has 0 fully saturated rings. The number of aromatic nitrogens is 1. The largest absolute Gasteiger partial charge is 0.574 e. The molecule has 0 unspecified atom stereocenters. The molecule has 0 aromatic carbocycles. The van der Waals surface area contributed by atoms with Crippen LogP contribution in [0.3, 0.4) is 0 Å². The van der Waals surface area contributed by atoms with Crippen molar-refractivity contribution in [2.24, 2.45) is 5.73 Å². The van der Waals surface area contributed by atoms with Gasteiger partial charge >= 0.3 is 6.36 Å². The predicted molar refractivity (Wildman–Crippen MR) is 51.9 cm³/mol. The van der Waals surface area contributed by atoms with Crippen LogP contribution in [0.5, 0.6) is 17.4 Å². The highest BCUT2D eigenvalue weighted by Crippen LogP contribution is 2.34. The van der Waals surface area contributed by atoms with Crippen LogP contribution >= 0.6 is 0 Å². The Hall–Kier alpha value is -1.70. The van der Waals surface area contributed by atoms with Gasteiger partial charge in [0.2, 0.25) is 5.88 Å². The van der Waals surface area contributed by atoms with E-state index in [4.69, 9.17) is 15.2 Å². The summed E-state index contributed by atoms with van der Waals surface area (Å²) < 4.78 is 49.6. The van der Waals surface area contributed by atoms with E-state index in [0.717, 1.165) is 6.07 Å². The maximum Gasteiger partial charge on any atom is 0.574 e. The maximum absolute atomic E-state index is 12.0. The van der Waals surface area contributed by atoms with Gasteiger partial charge in [-0.2, -0.15) is 0 Å². The molecule has 8 heteroatoms.